The summed E-state index contributed by atoms with van der Waals surface area (Å²) in [4.78, 5) is 11.7. The molecule has 0 aromatic heterocycles. The van der Waals surface area contributed by atoms with Crippen LogP contribution >= 0.6 is 11.6 Å². The maximum Gasteiger partial charge on any atom is 0.259 e. The second kappa shape index (κ2) is 8.14. The van der Waals surface area contributed by atoms with Crippen molar-refractivity contribution < 1.29 is 13.9 Å². The van der Waals surface area contributed by atoms with Crippen molar-refractivity contribution in [3.63, 3.8) is 0 Å². The van der Waals surface area contributed by atoms with E-state index in [2.05, 4.69) is 15.8 Å². The molecule has 120 valence electrons. The van der Waals surface area contributed by atoms with Crippen molar-refractivity contribution in [2.75, 3.05) is 19.0 Å². The van der Waals surface area contributed by atoms with Crippen molar-refractivity contribution >= 4 is 29.4 Å². The lowest BCUT2D eigenvalue weighted by molar-refractivity contribution is -0.119. The first-order valence-electron chi connectivity index (χ1n) is 6.74. The summed E-state index contributed by atoms with van der Waals surface area (Å²) in [6, 6.07) is 11.4. The van der Waals surface area contributed by atoms with Crippen molar-refractivity contribution in [3.05, 3.63) is 58.9 Å². The van der Waals surface area contributed by atoms with E-state index in [0.717, 1.165) is 11.4 Å². The van der Waals surface area contributed by atoms with Gasteiger partial charge in [-0.15, -0.1) is 0 Å². The molecule has 7 heteroatoms. The van der Waals surface area contributed by atoms with Crippen LogP contribution in [0.25, 0.3) is 0 Å². The molecule has 0 aliphatic carbocycles. The highest BCUT2D eigenvalue weighted by Gasteiger charge is 2.04. The second-order valence-electron chi connectivity index (χ2n) is 4.51. The Labute approximate surface area is 138 Å². The van der Waals surface area contributed by atoms with Crippen LogP contribution in [0.5, 0.6) is 5.75 Å². The Balaban J connectivity index is 1.84. The fourth-order valence-corrected chi connectivity index (χ4v) is 1.95. The zero-order chi connectivity index (χ0) is 16.7. The monoisotopic (exact) mass is 335 g/mol. The Morgan fingerprint density at radius 1 is 1.30 bits per heavy atom. The standard InChI is InChI=1S/C16H15ClFN3O2/c1-23-12-7-5-11(6-8-12)19-10-16(22)21-20-9-13-14(17)3-2-4-15(13)18/h2-9,19H,10H2,1H3,(H,21,22)/b20-9+. The third kappa shape index (κ3) is 4.96. The van der Waals surface area contributed by atoms with Gasteiger partial charge in [0.15, 0.2) is 0 Å². The molecule has 0 heterocycles. The molecule has 0 atom stereocenters. The number of carbonyl (C=O) groups excluding carboxylic acids is 1. The average Bonchev–Trinajstić information content (AvgIpc) is 2.56. The highest BCUT2D eigenvalue weighted by Crippen LogP contribution is 2.16. The van der Waals surface area contributed by atoms with Crippen LogP contribution in [0.2, 0.25) is 5.02 Å². The highest BCUT2D eigenvalue weighted by molar-refractivity contribution is 6.33. The normalized spacial score (nSPS) is 10.6. The zero-order valence-corrected chi connectivity index (χ0v) is 13.1. The smallest absolute Gasteiger partial charge is 0.259 e. The van der Waals surface area contributed by atoms with E-state index < -0.39 is 5.82 Å². The summed E-state index contributed by atoms with van der Waals surface area (Å²) in [5, 5.41) is 6.84. The van der Waals surface area contributed by atoms with E-state index in [0.29, 0.717) is 0 Å². The number of carbonyl (C=O) groups is 1. The van der Waals surface area contributed by atoms with E-state index in [1.54, 1.807) is 37.4 Å². The molecular weight excluding hydrogens is 321 g/mol. The summed E-state index contributed by atoms with van der Waals surface area (Å²) < 4.78 is 18.5. The van der Waals surface area contributed by atoms with Crippen LogP contribution in [0.4, 0.5) is 10.1 Å². The number of rotatable bonds is 6. The Kier molecular flexibility index (Phi) is 5.94. The molecule has 2 aromatic carbocycles. The van der Waals surface area contributed by atoms with Gasteiger partial charge in [0, 0.05) is 11.3 Å². The molecular formula is C16H15ClFN3O2. The molecule has 2 rings (SSSR count). The number of hydrazone groups is 1. The number of benzene rings is 2. The molecule has 0 fully saturated rings. The number of anilines is 1. The second-order valence-corrected chi connectivity index (χ2v) is 4.92. The molecule has 0 spiro atoms. The minimum Gasteiger partial charge on any atom is -0.497 e. The number of hydrogen-bond acceptors (Lipinski definition) is 4. The molecule has 0 radical (unpaired) electrons. The minimum absolute atomic E-state index is 0.0225. The SMILES string of the molecule is COc1ccc(NCC(=O)N/N=C/c2c(F)cccc2Cl)cc1. The van der Waals surface area contributed by atoms with Gasteiger partial charge >= 0.3 is 0 Å². The van der Waals surface area contributed by atoms with Crippen LogP contribution in [0.1, 0.15) is 5.56 Å². The first-order chi connectivity index (χ1) is 11.1. The fraction of sp³-hybridized carbons (Fsp3) is 0.125. The number of nitrogens with zero attached hydrogens (tertiary/aromatic N) is 1. The average molecular weight is 336 g/mol. The molecule has 0 unspecified atom stereocenters. The molecule has 2 aromatic rings. The summed E-state index contributed by atoms with van der Waals surface area (Å²) in [7, 11) is 1.58. The lowest BCUT2D eigenvalue weighted by Crippen LogP contribution is -2.25. The van der Waals surface area contributed by atoms with Gasteiger partial charge in [-0.3, -0.25) is 4.79 Å². The molecule has 0 saturated heterocycles. The largest absolute Gasteiger partial charge is 0.497 e. The van der Waals surface area contributed by atoms with Gasteiger partial charge in [0.2, 0.25) is 0 Å². The van der Waals surface area contributed by atoms with Crippen LogP contribution < -0.4 is 15.5 Å². The number of methoxy groups -OCH3 is 1. The van der Waals surface area contributed by atoms with E-state index >= 15 is 0 Å². The maximum atomic E-state index is 13.5. The Morgan fingerprint density at radius 2 is 2.04 bits per heavy atom. The molecule has 0 bridgehead atoms. The summed E-state index contributed by atoms with van der Waals surface area (Å²) in [5.74, 6) is -0.150. The predicted molar refractivity (Wildman–Crippen MR) is 88.6 cm³/mol. The van der Waals surface area contributed by atoms with Crippen LogP contribution in [0, 0.1) is 5.82 Å². The summed E-state index contributed by atoms with van der Waals surface area (Å²) in [5.41, 5.74) is 3.18. The van der Waals surface area contributed by atoms with E-state index in [4.69, 9.17) is 16.3 Å². The van der Waals surface area contributed by atoms with Crippen molar-refractivity contribution in [3.8, 4) is 5.75 Å². The third-order valence-corrected chi connectivity index (χ3v) is 3.26. The Bertz CT molecular complexity index is 685. The van der Waals surface area contributed by atoms with Crippen molar-refractivity contribution in [2.45, 2.75) is 0 Å². The van der Waals surface area contributed by atoms with Gasteiger partial charge in [-0.25, -0.2) is 9.82 Å². The van der Waals surface area contributed by atoms with E-state index in [1.807, 2.05) is 0 Å². The van der Waals surface area contributed by atoms with Crippen molar-refractivity contribution in [1.82, 2.24) is 5.43 Å². The summed E-state index contributed by atoms with van der Waals surface area (Å²) in [6.07, 6.45) is 1.17. The van der Waals surface area contributed by atoms with E-state index in [-0.39, 0.29) is 23.0 Å². The summed E-state index contributed by atoms with van der Waals surface area (Å²) >= 11 is 5.84. The van der Waals surface area contributed by atoms with Gasteiger partial charge in [-0.05, 0) is 36.4 Å². The molecule has 23 heavy (non-hydrogen) atoms. The van der Waals surface area contributed by atoms with Crippen molar-refractivity contribution in [2.24, 2.45) is 5.10 Å². The molecule has 0 aliphatic rings. The number of hydrogen-bond donors (Lipinski definition) is 2. The van der Waals surface area contributed by atoms with E-state index in [9.17, 15) is 9.18 Å². The van der Waals surface area contributed by atoms with Gasteiger partial charge in [-0.1, -0.05) is 17.7 Å². The fourth-order valence-electron chi connectivity index (χ4n) is 1.73. The summed E-state index contributed by atoms with van der Waals surface area (Å²) in [6.45, 7) is 0.0225. The quantitative estimate of drug-likeness (QED) is 0.630. The number of amides is 1. The highest BCUT2D eigenvalue weighted by atomic mass is 35.5. The molecule has 2 N–H and O–H groups in total. The minimum atomic E-state index is -0.508. The molecule has 0 saturated carbocycles. The number of halogens is 2. The maximum absolute atomic E-state index is 13.5. The zero-order valence-electron chi connectivity index (χ0n) is 12.3. The van der Waals surface area contributed by atoms with Gasteiger partial charge < -0.3 is 10.1 Å². The van der Waals surface area contributed by atoms with Crippen LogP contribution in [-0.4, -0.2) is 25.8 Å². The van der Waals surface area contributed by atoms with Gasteiger partial charge in [0.25, 0.3) is 5.91 Å². The van der Waals surface area contributed by atoms with Crippen LogP contribution in [-0.2, 0) is 4.79 Å². The Hall–Kier alpha value is -2.60. The lowest BCUT2D eigenvalue weighted by atomic mass is 10.2. The lowest BCUT2D eigenvalue weighted by Gasteiger charge is -2.06. The Morgan fingerprint density at radius 3 is 2.70 bits per heavy atom. The first kappa shape index (κ1) is 16.8. The predicted octanol–water partition coefficient (Wildman–Crippen LogP) is 3.05. The topological polar surface area (TPSA) is 62.7 Å². The molecule has 0 aliphatic heterocycles. The first-order valence-corrected chi connectivity index (χ1v) is 7.12. The number of nitrogens with one attached hydrogen (secondary N) is 2. The van der Waals surface area contributed by atoms with Gasteiger partial charge in [-0.2, -0.15) is 5.10 Å². The van der Waals surface area contributed by atoms with Gasteiger partial charge in [0.05, 0.1) is 24.9 Å². The third-order valence-electron chi connectivity index (χ3n) is 2.93. The van der Waals surface area contributed by atoms with Gasteiger partial charge in [0.1, 0.15) is 11.6 Å². The number of ether oxygens (including phenoxy) is 1. The molecule has 1 amide bonds. The van der Waals surface area contributed by atoms with Crippen LogP contribution in [0.3, 0.4) is 0 Å². The van der Waals surface area contributed by atoms with E-state index in [1.165, 1.54) is 18.3 Å². The van der Waals surface area contributed by atoms with Crippen molar-refractivity contribution in [1.29, 1.82) is 0 Å². The van der Waals surface area contributed by atoms with Crippen LogP contribution in [0.15, 0.2) is 47.6 Å². The molecule has 5 nitrogen and oxygen atoms in total.